The lowest BCUT2D eigenvalue weighted by molar-refractivity contribution is -0.122. The summed E-state index contributed by atoms with van der Waals surface area (Å²) in [6.45, 7) is 2.51. The molecule has 4 rings (SSSR count). The van der Waals surface area contributed by atoms with Crippen molar-refractivity contribution in [2.24, 2.45) is 5.10 Å². The summed E-state index contributed by atoms with van der Waals surface area (Å²) < 4.78 is 6.14. The van der Waals surface area contributed by atoms with Crippen LogP contribution >= 0.6 is 0 Å². The fourth-order valence-electron chi connectivity index (χ4n) is 4.46. The van der Waals surface area contributed by atoms with Crippen LogP contribution in [0, 0.1) is 6.92 Å². The second-order valence-electron chi connectivity index (χ2n) is 7.96. The van der Waals surface area contributed by atoms with Gasteiger partial charge in [0, 0.05) is 20.7 Å². The molecule has 0 saturated carbocycles. The molecule has 0 bridgehead atoms. The van der Waals surface area contributed by atoms with E-state index in [0.29, 0.717) is 25.2 Å². The van der Waals surface area contributed by atoms with Gasteiger partial charge in [-0.1, -0.05) is 36.4 Å². The number of carbonyl (C=O) groups excluding carboxylic acids is 1. The van der Waals surface area contributed by atoms with Crippen LogP contribution in [0.1, 0.15) is 24.0 Å². The normalized spacial score (nSPS) is 22.4. The van der Waals surface area contributed by atoms with E-state index in [0.717, 1.165) is 22.6 Å². The van der Waals surface area contributed by atoms with Gasteiger partial charge >= 0.3 is 0 Å². The molecule has 0 aromatic heterocycles. The number of anilines is 1. The van der Waals surface area contributed by atoms with Gasteiger partial charge in [-0.05, 0) is 43.0 Å². The molecule has 2 aliphatic rings. The van der Waals surface area contributed by atoms with Crippen molar-refractivity contribution in [3.8, 4) is 5.75 Å². The molecular weight excluding hydrogens is 366 g/mol. The first-order valence-electron chi connectivity index (χ1n) is 9.99. The van der Waals surface area contributed by atoms with Crippen molar-refractivity contribution >= 4 is 17.3 Å². The summed E-state index contributed by atoms with van der Waals surface area (Å²) in [4.78, 5) is 14.9. The highest BCUT2D eigenvalue weighted by Crippen LogP contribution is 2.48. The molecule has 0 aliphatic carbocycles. The van der Waals surface area contributed by atoms with Crippen LogP contribution in [0.25, 0.3) is 0 Å². The first kappa shape index (κ1) is 19.5. The number of benzene rings is 2. The highest BCUT2D eigenvalue weighted by atomic mass is 16.5. The second kappa shape index (κ2) is 7.52. The van der Waals surface area contributed by atoms with E-state index in [1.807, 2.05) is 54.4 Å². The Morgan fingerprint density at radius 1 is 1.28 bits per heavy atom. The molecule has 2 aromatic carbocycles. The van der Waals surface area contributed by atoms with Gasteiger partial charge in [0.25, 0.3) is 5.91 Å². The predicted molar refractivity (Wildman–Crippen MR) is 114 cm³/mol. The van der Waals surface area contributed by atoms with Crippen LogP contribution in [-0.2, 0) is 10.2 Å². The summed E-state index contributed by atoms with van der Waals surface area (Å²) in [5.74, 6) is 0.661. The van der Waals surface area contributed by atoms with Crippen LogP contribution in [0.4, 0.5) is 5.69 Å². The van der Waals surface area contributed by atoms with Crippen molar-refractivity contribution in [2.75, 3.05) is 32.3 Å². The maximum absolute atomic E-state index is 13.3. The lowest BCUT2D eigenvalue weighted by Gasteiger charge is -2.41. The maximum Gasteiger partial charge on any atom is 0.270 e. The van der Waals surface area contributed by atoms with E-state index >= 15 is 0 Å². The third-order valence-electron chi connectivity index (χ3n) is 5.88. The summed E-state index contributed by atoms with van der Waals surface area (Å²) >= 11 is 0. The van der Waals surface area contributed by atoms with Gasteiger partial charge in [-0.15, -0.1) is 0 Å². The molecule has 2 heterocycles. The Labute approximate surface area is 171 Å². The summed E-state index contributed by atoms with van der Waals surface area (Å²) in [6.07, 6.45) is 1.18. The van der Waals surface area contributed by atoms with E-state index in [9.17, 15) is 9.90 Å². The van der Waals surface area contributed by atoms with Crippen molar-refractivity contribution in [2.45, 2.75) is 31.2 Å². The third kappa shape index (κ3) is 3.08. The van der Waals surface area contributed by atoms with E-state index in [4.69, 9.17) is 9.84 Å². The SMILES string of the molecule is Cc1ccc2c(c1)N1N=C(C(=O)N(C)C)[C@](CCCO)(c3ccccc3)C1CO2. The summed E-state index contributed by atoms with van der Waals surface area (Å²) in [7, 11) is 3.50. The fraction of sp³-hybridized carbons (Fsp3) is 0.391. The maximum atomic E-state index is 13.3. The monoisotopic (exact) mass is 393 g/mol. The first-order chi connectivity index (χ1) is 14.0. The van der Waals surface area contributed by atoms with Crippen molar-refractivity contribution in [3.05, 3.63) is 59.7 Å². The molecule has 0 fully saturated rings. The van der Waals surface area contributed by atoms with Crippen molar-refractivity contribution in [1.29, 1.82) is 0 Å². The number of hydrogen-bond donors (Lipinski definition) is 1. The van der Waals surface area contributed by atoms with Gasteiger partial charge < -0.3 is 14.7 Å². The molecule has 6 nitrogen and oxygen atoms in total. The number of fused-ring (bicyclic) bond motifs is 3. The smallest absolute Gasteiger partial charge is 0.270 e. The molecule has 29 heavy (non-hydrogen) atoms. The number of ether oxygens (including phenoxy) is 1. The number of aliphatic hydroxyl groups excluding tert-OH is 1. The Morgan fingerprint density at radius 2 is 2.03 bits per heavy atom. The van der Waals surface area contributed by atoms with E-state index in [2.05, 4.69) is 6.07 Å². The Morgan fingerprint density at radius 3 is 2.72 bits per heavy atom. The highest BCUT2D eigenvalue weighted by molar-refractivity contribution is 6.43. The van der Waals surface area contributed by atoms with Gasteiger partial charge in [0.15, 0.2) is 0 Å². The average Bonchev–Trinajstić information content (AvgIpc) is 3.07. The third-order valence-corrected chi connectivity index (χ3v) is 5.88. The molecule has 1 amide bonds. The van der Waals surface area contributed by atoms with Crippen LogP contribution in [0.15, 0.2) is 53.6 Å². The molecule has 152 valence electrons. The molecular formula is C23H27N3O3. The average molecular weight is 393 g/mol. The molecule has 0 spiro atoms. The van der Waals surface area contributed by atoms with Crippen LogP contribution in [0.3, 0.4) is 0 Å². The van der Waals surface area contributed by atoms with Crippen LogP contribution in [-0.4, -0.2) is 55.0 Å². The molecule has 1 unspecified atom stereocenters. The first-order valence-corrected chi connectivity index (χ1v) is 9.99. The van der Waals surface area contributed by atoms with Crippen molar-refractivity contribution < 1.29 is 14.6 Å². The molecule has 0 radical (unpaired) electrons. The van der Waals surface area contributed by atoms with Crippen molar-refractivity contribution in [3.63, 3.8) is 0 Å². The van der Waals surface area contributed by atoms with Gasteiger partial charge in [0.1, 0.15) is 29.8 Å². The topological polar surface area (TPSA) is 65.4 Å². The minimum absolute atomic E-state index is 0.0568. The van der Waals surface area contributed by atoms with Crippen LogP contribution in [0.2, 0.25) is 0 Å². The fourth-order valence-corrected chi connectivity index (χ4v) is 4.46. The highest BCUT2D eigenvalue weighted by Gasteiger charge is 2.56. The number of hydrogen-bond acceptors (Lipinski definition) is 5. The summed E-state index contributed by atoms with van der Waals surface area (Å²) in [6, 6.07) is 15.9. The zero-order chi connectivity index (χ0) is 20.6. The van der Waals surface area contributed by atoms with Gasteiger partial charge in [-0.3, -0.25) is 9.80 Å². The van der Waals surface area contributed by atoms with E-state index < -0.39 is 5.41 Å². The van der Waals surface area contributed by atoms with E-state index in [1.54, 1.807) is 19.0 Å². The minimum atomic E-state index is -0.660. The number of amides is 1. The number of aliphatic hydroxyl groups is 1. The van der Waals surface area contributed by atoms with Gasteiger partial charge in [-0.2, -0.15) is 5.10 Å². The van der Waals surface area contributed by atoms with Crippen molar-refractivity contribution in [1.82, 2.24) is 4.90 Å². The van der Waals surface area contributed by atoms with Crippen LogP contribution in [0.5, 0.6) is 5.75 Å². The van der Waals surface area contributed by atoms with Gasteiger partial charge in [0.2, 0.25) is 0 Å². The molecule has 0 saturated heterocycles. The summed E-state index contributed by atoms with van der Waals surface area (Å²) in [5.41, 5.74) is 2.86. The molecule has 2 atom stereocenters. The number of nitrogens with zero attached hydrogens (tertiary/aromatic N) is 3. The number of carbonyl (C=O) groups is 1. The Kier molecular flexibility index (Phi) is 5.04. The quantitative estimate of drug-likeness (QED) is 0.848. The molecule has 2 aromatic rings. The molecule has 2 aliphatic heterocycles. The molecule has 1 N–H and O–H groups in total. The lowest BCUT2D eigenvalue weighted by Crippen LogP contribution is -2.55. The number of rotatable bonds is 5. The summed E-state index contributed by atoms with van der Waals surface area (Å²) in [5, 5.41) is 16.5. The van der Waals surface area contributed by atoms with Gasteiger partial charge in [0.05, 0.1) is 5.41 Å². The Bertz CT molecular complexity index is 942. The Balaban J connectivity index is 1.93. The zero-order valence-corrected chi connectivity index (χ0v) is 17.1. The van der Waals surface area contributed by atoms with Crippen LogP contribution < -0.4 is 9.75 Å². The van der Waals surface area contributed by atoms with Gasteiger partial charge in [-0.25, -0.2) is 0 Å². The standard InChI is InChI=1S/C23H27N3O3/c1-16-10-11-19-18(14-16)26-20(15-29-19)23(12-7-13-27,17-8-5-4-6-9-17)21(24-26)22(28)25(2)3/h4-6,8-11,14,20,27H,7,12-13,15H2,1-3H3/t20?,23-/m1/s1. The predicted octanol–water partition coefficient (Wildman–Crippen LogP) is 2.73. The zero-order valence-electron chi connectivity index (χ0n) is 17.1. The Hall–Kier alpha value is -2.86. The van der Waals surface area contributed by atoms with E-state index in [-0.39, 0.29) is 18.6 Å². The minimum Gasteiger partial charge on any atom is -0.489 e. The molecule has 6 heteroatoms. The lowest BCUT2D eigenvalue weighted by atomic mass is 9.67. The number of hydrazone groups is 1. The largest absolute Gasteiger partial charge is 0.489 e. The number of aryl methyl sites for hydroxylation is 1. The van der Waals surface area contributed by atoms with E-state index in [1.165, 1.54) is 0 Å². The second-order valence-corrected chi connectivity index (χ2v) is 7.96.